The van der Waals surface area contributed by atoms with Gasteiger partial charge in [0.2, 0.25) is 0 Å². The molecule has 1 aliphatic rings. The molecule has 0 aliphatic heterocycles. The molecule has 0 aromatic carbocycles. The summed E-state index contributed by atoms with van der Waals surface area (Å²) in [5, 5.41) is 9.30. The Kier molecular flexibility index (Phi) is 5.08. The Bertz CT molecular complexity index is 406. The zero-order chi connectivity index (χ0) is 13.6. The lowest BCUT2D eigenvalue weighted by Gasteiger charge is -2.24. The molecule has 98 valence electrons. The van der Waals surface area contributed by atoms with Crippen LogP contribution in [0.2, 0.25) is 0 Å². The summed E-state index contributed by atoms with van der Waals surface area (Å²) in [4.78, 5) is 23.7. The van der Waals surface area contributed by atoms with Gasteiger partial charge in [0.05, 0.1) is 12.7 Å². The summed E-state index contributed by atoms with van der Waals surface area (Å²) >= 11 is 0. The van der Waals surface area contributed by atoms with Crippen LogP contribution < -0.4 is 0 Å². The maximum Gasteiger partial charge on any atom is 0.326 e. The van der Waals surface area contributed by atoms with Crippen molar-refractivity contribution in [1.29, 1.82) is 5.26 Å². The first-order chi connectivity index (χ1) is 8.59. The van der Waals surface area contributed by atoms with Gasteiger partial charge in [-0.3, -0.25) is 9.59 Å². The molecule has 0 radical (unpaired) electrons. The predicted molar refractivity (Wildman–Crippen MR) is 66.5 cm³/mol. The Morgan fingerprint density at radius 3 is 2.78 bits per heavy atom. The number of hydrogen-bond donors (Lipinski definition) is 0. The minimum absolute atomic E-state index is 0.0543. The number of hydrogen-bond acceptors (Lipinski definition) is 4. The number of Topliss-reactive ketones (excluding diaryl/α,β-unsaturated/α-hetero) is 1. The Morgan fingerprint density at radius 2 is 2.28 bits per heavy atom. The maximum atomic E-state index is 11.9. The highest BCUT2D eigenvalue weighted by molar-refractivity contribution is 5.97. The molecule has 4 heteroatoms. The van der Waals surface area contributed by atoms with E-state index in [0.29, 0.717) is 18.4 Å². The molecule has 0 saturated heterocycles. The molecule has 0 aromatic rings. The van der Waals surface area contributed by atoms with E-state index in [9.17, 15) is 14.9 Å². The van der Waals surface area contributed by atoms with Crippen molar-refractivity contribution >= 4 is 11.8 Å². The highest BCUT2D eigenvalue weighted by Gasteiger charge is 2.40. The predicted octanol–water partition coefficient (Wildman–Crippen LogP) is 2.54. The molecule has 0 aromatic heterocycles. The molecule has 0 N–H and O–H groups in total. The molecule has 0 amide bonds. The van der Waals surface area contributed by atoms with Gasteiger partial charge in [-0.1, -0.05) is 13.0 Å². The van der Waals surface area contributed by atoms with E-state index in [4.69, 9.17) is 4.74 Å². The zero-order valence-electron chi connectivity index (χ0n) is 11.0. The first-order valence-corrected chi connectivity index (χ1v) is 6.40. The van der Waals surface area contributed by atoms with E-state index >= 15 is 0 Å². The monoisotopic (exact) mass is 249 g/mol. The Labute approximate surface area is 108 Å². The van der Waals surface area contributed by atoms with Crippen LogP contribution in [0.15, 0.2) is 11.6 Å². The van der Waals surface area contributed by atoms with Crippen molar-refractivity contribution in [2.45, 2.75) is 46.0 Å². The van der Waals surface area contributed by atoms with Crippen LogP contribution >= 0.6 is 0 Å². The summed E-state index contributed by atoms with van der Waals surface area (Å²) in [6.07, 6.45) is 4.60. The molecule has 1 rings (SSSR count). The molecule has 0 saturated carbocycles. The van der Waals surface area contributed by atoms with E-state index in [-0.39, 0.29) is 18.8 Å². The number of nitriles is 1. The number of esters is 1. The Morgan fingerprint density at radius 1 is 1.56 bits per heavy atom. The first-order valence-electron chi connectivity index (χ1n) is 6.40. The van der Waals surface area contributed by atoms with Crippen molar-refractivity contribution in [2.75, 3.05) is 6.61 Å². The quantitative estimate of drug-likeness (QED) is 0.702. The number of carbonyl (C=O) groups is 2. The van der Waals surface area contributed by atoms with Gasteiger partial charge in [-0.25, -0.2) is 0 Å². The molecular formula is C14H19NO3. The molecule has 1 unspecified atom stereocenters. The minimum Gasteiger partial charge on any atom is -0.465 e. The molecule has 4 nitrogen and oxygen atoms in total. The van der Waals surface area contributed by atoms with Gasteiger partial charge in [-0.2, -0.15) is 5.26 Å². The number of nitrogens with zero attached hydrogens (tertiary/aromatic N) is 1. The molecule has 0 spiro atoms. The van der Waals surface area contributed by atoms with Gasteiger partial charge in [-0.15, -0.1) is 0 Å². The fourth-order valence-corrected chi connectivity index (χ4v) is 2.08. The second-order valence-electron chi connectivity index (χ2n) is 4.49. The van der Waals surface area contributed by atoms with Gasteiger partial charge in [0, 0.05) is 12.8 Å². The largest absolute Gasteiger partial charge is 0.465 e. The standard InChI is InChI=1S/C14H19NO3/c1-3-14(10-15,13(17)18-4-2)9-11-7-5-6-8-12(11)16/h7H,3-6,8-9H2,1-2H3. The van der Waals surface area contributed by atoms with E-state index < -0.39 is 11.4 Å². The van der Waals surface area contributed by atoms with Gasteiger partial charge in [0.25, 0.3) is 0 Å². The lowest BCUT2D eigenvalue weighted by molar-refractivity contribution is -0.152. The van der Waals surface area contributed by atoms with Gasteiger partial charge in [0.15, 0.2) is 11.2 Å². The molecular weight excluding hydrogens is 230 g/mol. The fraction of sp³-hybridized carbons (Fsp3) is 0.643. The van der Waals surface area contributed by atoms with Crippen LogP contribution in [0.25, 0.3) is 0 Å². The van der Waals surface area contributed by atoms with Crippen molar-refractivity contribution < 1.29 is 14.3 Å². The summed E-state index contributed by atoms with van der Waals surface area (Å²) < 4.78 is 4.97. The Hall–Kier alpha value is -1.63. The zero-order valence-corrected chi connectivity index (χ0v) is 11.0. The molecule has 18 heavy (non-hydrogen) atoms. The van der Waals surface area contributed by atoms with Crippen molar-refractivity contribution in [3.05, 3.63) is 11.6 Å². The number of ketones is 1. The van der Waals surface area contributed by atoms with Crippen LogP contribution in [-0.4, -0.2) is 18.4 Å². The van der Waals surface area contributed by atoms with Crippen molar-refractivity contribution in [3.63, 3.8) is 0 Å². The van der Waals surface area contributed by atoms with Gasteiger partial charge < -0.3 is 4.74 Å². The van der Waals surface area contributed by atoms with Crippen molar-refractivity contribution in [1.82, 2.24) is 0 Å². The average molecular weight is 249 g/mol. The second kappa shape index (κ2) is 6.34. The average Bonchev–Trinajstić information content (AvgIpc) is 2.38. The van der Waals surface area contributed by atoms with Crippen LogP contribution in [0.3, 0.4) is 0 Å². The highest BCUT2D eigenvalue weighted by Crippen LogP contribution is 2.33. The number of carbonyl (C=O) groups excluding carboxylic acids is 2. The van der Waals surface area contributed by atoms with Gasteiger partial charge >= 0.3 is 5.97 Å². The maximum absolute atomic E-state index is 11.9. The fourth-order valence-electron chi connectivity index (χ4n) is 2.08. The molecule has 0 fully saturated rings. The molecule has 0 heterocycles. The van der Waals surface area contributed by atoms with Gasteiger partial charge in [-0.05, 0) is 31.8 Å². The Balaban J connectivity index is 2.93. The van der Waals surface area contributed by atoms with E-state index in [1.165, 1.54) is 0 Å². The van der Waals surface area contributed by atoms with Crippen LogP contribution in [0.5, 0.6) is 0 Å². The third kappa shape index (κ3) is 2.98. The van der Waals surface area contributed by atoms with Crippen LogP contribution in [-0.2, 0) is 14.3 Å². The number of allylic oxidation sites excluding steroid dienone is 2. The van der Waals surface area contributed by atoms with E-state index in [1.54, 1.807) is 13.8 Å². The summed E-state index contributed by atoms with van der Waals surface area (Å²) in [5.41, 5.74) is -0.604. The van der Waals surface area contributed by atoms with Crippen LogP contribution in [0, 0.1) is 16.7 Å². The second-order valence-corrected chi connectivity index (χ2v) is 4.49. The lowest BCUT2D eigenvalue weighted by Crippen LogP contribution is -2.33. The third-order valence-electron chi connectivity index (χ3n) is 3.33. The van der Waals surface area contributed by atoms with E-state index in [0.717, 1.165) is 12.8 Å². The molecule has 1 atom stereocenters. The first kappa shape index (κ1) is 14.4. The highest BCUT2D eigenvalue weighted by atomic mass is 16.5. The minimum atomic E-state index is -1.21. The normalized spacial score (nSPS) is 18.5. The number of rotatable bonds is 5. The van der Waals surface area contributed by atoms with Crippen molar-refractivity contribution in [2.24, 2.45) is 5.41 Å². The summed E-state index contributed by atoms with van der Waals surface area (Å²) in [7, 11) is 0. The van der Waals surface area contributed by atoms with Gasteiger partial charge in [0.1, 0.15) is 0 Å². The smallest absolute Gasteiger partial charge is 0.326 e. The molecule has 1 aliphatic carbocycles. The topological polar surface area (TPSA) is 67.2 Å². The van der Waals surface area contributed by atoms with Crippen LogP contribution in [0.4, 0.5) is 0 Å². The number of ether oxygens (including phenoxy) is 1. The summed E-state index contributed by atoms with van der Waals surface area (Å²) in [5.74, 6) is -0.465. The molecule has 0 bridgehead atoms. The summed E-state index contributed by atoms with van der Waals surface area (Å²) in [6, 6.07) is 2.05. The SMILES string of the molecule is CCOC(=O)C(C#N)(CC)CC1=CCCCC1=O. The lowest BCUT2D eigenvalue weighted by atomic mass is 9.77. The van der Waals surface area contributed by atoms with Crippen molar-refractivity contribution in [3.8, 4) is 6.07 Å². The third-order valence-corrected chi connectivity index (χ3v) is 3.33. The van der Waals surface area contributed by atoms with E-state index in [1.807, 2.05) is 6.08 Å². The van der Waals surface area contributed by atoms with Crippen LogP contribution in [0.1, 0.15) is 46.0 Å². The van der Waals surface area contributed by atoms with E-state index in [2.05, 4.69) is 6.07 Å². The summed E-state index contributed by atoms with van der Waals surface area (Å²) in [6.45, 7) is 3.73.